The first kappa shape index (κ1) is 13.9. The molecule has 0 amide bonds. The first-order valence-electron chi connectivity index (χ1n) is 6.96. The number of rotatable bonds is 4. The molecule has 1 aromatic carbocycles. The lowest BCUT2D eigenvalue weighted by atomic mass is 9.96. The Hall–Kier alpha value is -2.01. The average Bonchev–Trinajstić information content (AvgIpc) is 3.01. The summed E-state index contributed by atoms with van der Waals surface area (Å²) in [5.74, 6) is -0.994. The minimum absolute atomic E-state index is 0.0668. The van der Waals surface area contributed by atoms with E-state index in [1.54, 1.807) is 12.4 Å². The van der Waals surface area contributed by atoms with Crippen LogP contribution in [-0.2, 0) is 0 Å². The lowest BCUT2D eigenvalue weighted by Crippen LogP contribution is -2.22. The molecule has 110 valence electrons. The maximum atomic E-state index is 13.8. The smallest absolute Gasteiger partial charge is 0.168 e. The highest BCUT2D eigenvalue weighted by molar-refractivity contribution is 5.26. The molecule has 0 radical (unpaired) electrons. The van der Waals surface area contributed by atoms with Gasteiger partial charge in [-0.2, -0.15) is 0 Å². The summed E-state index contributed by atoms with van der Waals surface area (Å²) in [5.41, 5.74) is 0.898. The molecule has 0 unspecified atom stereocenters. The van der Waals surface area contributed by atoms with E-state index in [9.17, 15) is 8.78 Å². The zero-order valence-electron chi connectivity index (χ0n) is 11.4. The van der Waals surface area contributed by atoms with Crippen LogP contribution in [0, 0.1) is 17.6 Å². The van der Waals surface area contributed by atoms with Crippen LogP contribution in [0.1, 0.15) is 18.1 Å². The molecular weight excluding hydrogens is 274 g/mol. The van der Waals surface area contributed by atoms with Crippen LogP contribution >= 0.6 is 0 Å². The standard InChI is InChI=1S/C16H16F2N2O/c17-13-3-4-15(14(18)8-13)21-16(12-5-7-20-10-12)11-2-1-6-19-9-11/h1-4,6,8-9,12,16,20H,5,7,10H2/t12-,16-/m1/s1. The van der Waals surface area contributed by atoms with Crippen molar-refractivity contribution in [1.29, 1.82) is 0 Å². The third kappa shape index (κ3) is 3.19. The monoisotopic (exact) mass is 290 g/mol. The van der Waals surface area contributed by atoms with E-state index in [1.807, 2.05) is 12.1 Å². The Balaban J connectivity index is 1.88. The fraction of sp³-hybridized carbons (Fsp3) is 0.312. The summed E-state index contributed by atoms with van der Waals surface area (Å²) in [4.78, 5) is 4.10. The Labute approximate surface area is 122 Å². The SMILES string of the molecule is Fc1ccc(O[C@H](c2cccnc2)[C@@H]2CCNC2)c(F)c1. The maximum absolute atomic E-state index is 13.8. The molecule has 1 saturated heterocycles. The van der Waals surface area contributed by atoms with Crippen LogP contribution in [-0.4, -0.2) is 18.1 Å². The third-order valence-electron chi connectivity index (χ3n) is 3.69. The van der Waals surface area contributed by atoms with Crippen molar-refractivity contribution in [3.05, 3.63) is 59.9 Å². The molecule has 5 heteroatoms. The molecular formula is C16H16F2N2O. The fourth-order valence-corrected chi connectivity index (χ4v) is 2.62. The van der Waals surface area contributed by atoms with Crippen molar-refractivity contribution in [2.45, 2.75) is 12.5 Å². The van der Waals surface area contributed by atoms with Gasteiger partial charge in [0.1, 0.15) is 11.9 Å². The molecule has 0 aliphatic carbocycles. The van der Waals surface area contributed by atoms with E-state index in [4.69, 9.17) is 4.74 Å². The van der Waals surface area contributed by atoms with E-state index in [-0.39, 0.29) is 17.8 Å². The van der Waals surface area contributed by atoms with Gasteiger partial charge in [0.05, 0.1) is 0 Å². The minimum atomic E-state index is -0.685. The Morgan fingerprint density at radius 3 is 2.86 bits per heavy atom. The van der Waals surface area contributed by atoms with Gasteiger partial charge in [-0.3, -0.25) is 4.98 Å². The van der Waals surface area contributed by atoms with E-state index >= 15 is 0 Å². The Morgan fingerprint density at radius 1 is 1.29 bits per heavy atom. The van der Waals surface area contributed by atoms with E-state index in [1.165, 1.54) is 12.1 Å². The number of ether oxygens (including phenoxy) is 1. The van der Waals surface area contributed by atoms with Crippen LogP contribution in [0.25, 0.3) is 0 Å². The van der Waals surface area contributed by atoms with Crippen LogP contribution in [0.15, 0.2) is 42.7 Å². The molecule has 1 N–H and O–H groups in total. The molecule has 2 atom stereocenters. The number of aromatic nitrogens is 1. The highest BCUT2D eigenvalue weighted by Gasteiger charge is 2.29. The van der Waals surface area contributed by atoms with Gasteiger partial charge in [0.25, 0.3) is 0 Å². The van der Waals surface area contributed by atoms with E-state index in [0.29, 0.717) is 0 Å². The Kier molecular flexibility index (Phi) is 4.10. The quantitative estimate of drug-likeness (QED) is 0.939. The number of hydrogen-bond acceptors (Lipinski definition) is 3. The molecule has 21 heavy (non-hydrogen) atoms. The van der Waals surface area contributed by atoms with Crippen LogP contribution in [0.4, 0.5) is 8.78 Å². The van der Waals surface area contributed by atoms with Crippen molar-refractivity contribution in [1.82, 2.24) is 10.3 Å². The van der Waals surface area contributed by atoms with E-state index < -0.39 is 11.6 Å². The second-order valence-electron chi connectivity index (χ2n) is 5.15. The van der Waals surface area contributed by atoms with Crippen LogP contribution < -0.4 is 10.1 Å². The van der Waals surface area contributed by atoms with Crippen LogP contribution in [0.5, 0.6) is 5.75 Å². The summed E-state index contributed by atoms with van der Waals surface area (Å²) < 4.78 is 32.7. The summed E-state index contributed by atoms with van der Waals surface area (Å²) >= 11 is 0. The molecule has 3 rings (SSSR count). The summed E-state index contributed by atoms with van der Waals surface area (Å²) in [6.45, 7) is 1.72. The van der Waals surface area contributed by atoms with Crippen molar-refractivity contribution < 1.29 is 13.5 Å². The van der Waals surface area contributed by atoms with Gasteiger partial charge in [-0.1, -0.05) is 6.07 Å². The summed E-state index contributed by atoms with van der Waals surface area (Å²) in [6, 6.07) is 7.11. The molecule has 3 nitrogen and oxygen atoms in total. The highest BCUT2D eigenvalue weighted by atomic mass is 19.1. The number of halogens is 2. The second-order valence-corrected chi connectivity index (χ2v) is 5.15. The number of benzene rings is 1. The first-order valence-corrected chi connectivity index (χ1v) is 6.96. The predicted octanol–water partition coefficient (Wildman–Crippen LogP) is 3.09. The molecule has 1 aliphatic rings. The first-order chi connectivity index (χ1) is 10.2. The summed E-state index contributed by atoms with van der Waals surface area (Å²) in [5, 5.41) is 3.28. The van der Waals surface area contributed by atoms with Crippen LogP contribution in [0.3, 0.4) is 0 Å². The average molecular weight is 290 g/mol. The molecule has 1 aromatic heterocycles. The molecule has 2 heterocycles. The topological polar surface area (TPSA) is 34.1 Å². The Morgan fingerprint density at radius 2 is 2.19 bits per heavy atom. The van der Waals surface area contributed by atoms with Gasteiger partial charge in [0.2, 0.25) is 0 Å². The molecule has 1 fully saturated rings. The second kappa shape index (κ2) is 6.18. The van der Waals surface area contributed by atoms with Gasteiger partial charge < -0.3 is 10.1 Å². The van der Waals surface area contributed by atoms with E-state index in [0.717, 1.165) is 31.1 Å². The van der Waals surface area contributed by atoms with Gasteiger partial charge in [0.15, 0.2) is 11.6 Å². The normalized spacial score (nSPS) is 19.4. The maximum Gasteiger partial charge on any atom is 0.168 e. The lowest BCUT2D eigenvalue weighted by Gasteiger charge is -2.24. The zero-order valence-corrected chi connectivity index (χ0v) is 11.4. The lowest BCUT2D eigenvalue weighted by molar-refractivity contribution is 0.137. The highest BCUT2D eigenvalue weighted by Crippen LogP contribution is 2.32. The van der Waals surface area contributed by atoms with Crippen molar-refractivity contribution in [2.75, 3.05) is 13.1 Å². The molecule has 0 saturated carbocycles. The van der Waals surface area contributed by atoms with Gasteiger partial charge in [-0.05, 0) is 31.2 Å². The number of pyridine rings is 1. The van der Waals surface area contributed by atoms with Crippen LogP contribution in [0.2, 0.25) is 0 Å². The third-order valence-corrected chi connectivity index (χ3v) is 3.69. The Bertz CT molecular complexity index is 600. The number of hydrogen-bond donors (Lipinski definition) is 1. The number of nitrogens with one attached hydrogen (secondary N) is 1. The predicted molar refractivity (Wildman–Crippen MR) is 74.9 cm³/mol. The molecule has 0 spiro atoms. The fourth-order valence-electron chi connectivity index (χ4n) is 2.62. The largest absolute Gasteiger partial charge is 0.482 e. The molecule has 1 aliphatic heterocycles. The summed E-state index contributed by atoms with van der Waals surface area (Å²) in [6.07, 6.45) is 4.06. The van der Waals surface area contributed by atoms with Crippen molar-refractivity contribution in [2.24, 2.45) is 5.92 Å². The van der Waals surface area contributed by atoms with Gasteiger partial charge in [0, 0.05) is 36.5 Å². The molecule has 0 bridgehead atoms. The van der Waals surface area contributed by atoms with Gasteiger partial charge >= 0.3 is 0 Å². The number of nitrogens with zero attached hydrogens (tertiary/aromatic N) is 1. The zero-order chi connectivity index (χ0) is 14.7. The van der Waals surface area contributed by atoms with Gasteiger partial charge in [-0.25, -0.2) is 8.78 Å². The summed E-state index contributed by atoms with van der Waals surface area (Å²) in [7, 11) is 0. The van der Waals surface area contributed by atoms with Crippen molar-refractivity contribution >= 4 is 0 Å². The van der Waals surface area contributed by atoms with Crippen molar-refractivity contribution in [3.63, 3.8) is 0 Å². The van der Waals surface area contributed by atoms with Gasteiger partial charge in [-0.15, -0.1) is 0 Å². The minimum Gasteiger partial charge on any atom is -0.482 e. The van der Waals surface area contributed by atoms with Crippen molar-refractivity contribution in [3.8, 4) is 5.75 Å². The van der Waals surface area contributed by atoms with E-state index in [2.05, 4.69) is 10.3 Å². The molecule has 2 aromatic rings.